The van der Waals surface area contributed by atoms with Gasteiger partial charge in [0.25, 0.3) is 0 Å². The lowest BCUT2D eigenvalue weighted by molar-refractivity contribution is -0.120. The number of hydrogen-bond acceptors (Lipinski definition) is 4. The van der Waals surface area contributed by atoms with Crippen LogP contribution >= 0.6 is 0 Å². The first-order valence-electron chi connectivity index (χ1n) is 6.36. The van der Waals surface area contributed by atoms with E-state index in [0.29, 0.717) is 12.4 Å². The summed E-state index contributed by atoms with van der Waals surface area (Å²) in [5.41, 5.74) is 0.730. The Bertz CT molecular complexity index is 400. The van der Waals surface area contributed by atoms with Crippen LogP contribution < -0.4 is 10.2 Å². The number of nitrogens with one attached hydrogen (secondary N) is 1. The number of hydrogen-bond donors (Lipinski definition) is 1. The molecule has 1 heterocycles. The van der Waals surface area contributed by atoms with Gasteiger partial charge >= 0.3 is 6.18 Å². The molecule has 4 nitrogen and oxygen atoms in total. The highest BCUT2D eigenvalue weighted by Crippen LogP contribution is 2.33. The Morgan fingerprint density at radius 1 is 1.32 bits per heavy atom. The maximum atomic E-state index is 12.5. The summed E-state index contributed by atoms with van der Waals surface area (Å²) in [4.78, 5) is 1.30. The molecule has 106 valence electrons. The Kier molecular flexibility index (Phi) is 4.24. The monoisotopic (exact) mass is 274 g/mol. The molecule has 7 heteroatoms. The molecular weight excluding hydrogens is 257 g/mol. The SMILES string of the molecule is CCNCc1ccc(N(CC(F)(F)F)C2CC2)nn1. The summed E-state index contributed by atoms with van der Waals surface area (Å²) >= 11 is 0. The minimum atomic E-state index is -4.22. The topological polar surface area (TPSA) is 41.0 Å². The Balaban J connectivity index is 2.05. The van der Waals surface area contributed by atoms with Gasteiger partial charge in [-0.15, -0.1) is 5.10 Å². The molecule has 0 unspecified atom stereocenters. The van der Waals surface area contributed by atoms with Gasteiger partial charge < -0.3 is 10.2 Å². The number of halogens is 3. The van der Waals surface area contributed by atoms with Crippen molar-refractivity contribution in [3.63, 3.8) is 0 Å². The number of rotatable bonds is 6. The zero-order valence-corrected chi connectivity index (χ0v) is 10.7. The van der Waals surface area contributed by atoms with Crippen molar-refractivity contribution >= 4 is 5.82 Å². The van der Waals surface area contributed by atoms with Crippen molar-refractivity contribution in [1.82, 2.24) is 15.5 Å². The molecule has 1 saturated carbocycles. The van der Waals surface area contributed by atoms with E-state index in [0.717, 1.165) is 25.1 Å². The molecule has 19 heavy (non-hydrogen) atoms. The van der Waals surface area contributed by atoms with Gasteiger partial charge in [-0.3, -0.25) is 0 Å². The third-order valence-corrected chi connectivity index (χ3v) is 2.89. The van der Waals surface area contributed by atoms with E-state index in [2.05, 4.69) is 15.5 Å². The lowest BCUT2D eigenvalue weighted by atomic mass is 10.3. The van der Waals surface area contributed by atoms with Crippen molar-refractivity contribution in [2.45, 2.75) is 38.5 Å². The predicted octanol–water partition coefficient (Wildman–Crippen LogP) is 2.12. The molecule has 0 amide bonds. The van der Waals surface area contributed by atoms with E-state index >= 15 is 0 Å². The van der Waals surface area contributed by atoms with Crippen molar-refractivity contribution in [2.24, 2.45) is 0 Å². The second-order valence-electron chi connectivity index (χ2n) is 4.64. The molecule has 1 aliphatic rings. The van der Waals surface area contributed by atoms with Crippen molar-refractivity contribution in [2.75, 3.05) is 18.0 Å². The molecule has 1 fully saturated rings. The van der Waals surface area contributed by atoms with Crippen molar-refractivity contribution in [1.29, 1.82) is 0 Å². The van der Waals surface area contributed by atoms with Crippen LogP contribution in [-0.2, 0) is 6.54 Å². The molecule has 0 aromatic carbocycles. The third-order valence-electron chi connectivity index (χ3n) is 2.89. The van der Waals surface area contributed by atoms with Crippen LogP contribution in [0.15, 0.2) is 12.1 Å². The van der Waals surface area contributed by atoms with Crippen LogP contribution in [0.1, 0.15) is 25.5 Å². The van der Waals surface area contributed by atoms with Gasteiger partial charge in [0, 0.05) is 12.6 Å². The molecule has 0 radical (unpaired) electrons. The summed E-state index contributed by atoms with van der Waals surface area (Å²) in [5.74, 6) is 0.306. The molecule has 1 aromatic heterocycles. The second kappa shape index (κ2) is 5.73. The fourth-order valence-corrected chi connectivity index (χ4v) is 1.83. The smallest absolute Gasteiger partial charge is 0.343 e. The highest BCUT2D eigenvalue weighted by Gasteiger charge is 2.38. The first-order valence-corrected chi connectivity index (χ1v) is 6.36. The number of nitrogens with zero attached hydrogens (tertiary/aromatic N) is 3. The van der Waals surface area contributed by atoms with Gasteiger partial charge in [-0.05, 0) is 31.5 Å². The van der Waals surface area contributed by atoms with Crippen molar-refractivity contribution < 1.29 is 13.2 Å². The zero-order chi connectivity index (χ0) is 13.9. The molecule has 2 rings (SSSR count). The van der Waals surface area contributed by atoms with Crippen LogP contribution in [0, 0.1) is 0 Å². The van der Waals surface area contributed by atoms with Gasteiger partial charge in [0.05, 0.1) is 5.69 Å². The maximum absolute atomic E-state index is 12.5. The summed E-state index contributed by atoms with van der Waals surface area (Å²) in [7, 11) is 0. The molecule has 0 spiro atoms. The normalized spacial score (nSPS) is 15.6. The molecule has 1 aromatic rings. The highest BCUT2D eigenvalue weighted by atomic mass is 19.4. The van der Waals surface area contributed by atoms with E-state index in [9.17, 15) is 13.2 Å². The first kappa shape index (κ1) is 14.0. The Morgan fingerprint density at radius 3 is 2.53 bits per heavy atom. The van der Waals surface area contributed by atoms with E-state index in [1.165, 1.54) is 4.90 Å². The summed E-state index contributed by atoms with van der Waals surface area (Å²) < 4.78 is 37.6. The van der Waals surface area contributed by atoms with Crippen LogP contribution in [0.25, 0.3) is 0 Å². The standard InChI is InChI=1S/C12H17F3N4/c1-2-16-7-9-3-6-11(18-17-9)19(10-4-5-10)8-12(13,14)15/h3,6,10,16H,2,4-5,7-8H2,1H3. The predicted molar refractivity (Wildman–Crippen MR) is 65.8 cm³/mol. The fraction of sp³-hybridized carbons (Fsp3) is 0.667. The lowest BCUT2D eigenvalue weighted by Gasteiger charge is -2.24. The van der Waals surface area contributed by atoms with Gasteiger partial charge in [-0.2, -0.15) is 18.3 Å². The van der Waals surface area contributed by atoms with Crippen molar-refractivity contribution in [3.8, 4) is 0 Å². The minimum absolute atomic E-state index is 0.0458. The average Bonchev–Trinajstić information content (AvgIpc) is 3.17. The van der Waals surface area contributed by atoms with E-state index in [4.69, 9.17) is 0 Å². The van der Waals surface area contributed by atoms with E-state index in [1.807, 2.05) is 6.92 Å². The summed E-state index contributed by atoms with van der Waals surface area (Å²) in [6.45, 7) is 2.40. The third kappa shape index (κ3) is 4.34. The van der Waals surface area contributed by atoms with Crippen LogP contribution in [0.4, 0.5) is 19.0 Å². The van der Waals surface area contributed by atoms with Gasteiger partial charge in [-0.25, -0.2) is 0 Å². The lowest BCUT2D eigenvalue weighted by Crippen LogP contribution is -2.36. The molecule has 1 N–H and O–H groups in total. The Labute approximate surface area is 110 Å². The van der Waals surface area contributed by atoms with Gasteiger partial charge in [0.2, 0.25) is 0 Å². The highest BCUT2D eigenvalue weighted by molar-refractivity contribution is 5.40. The Hall–Kier alpha value is -1.37. The Morgan fingerprint density at radius 2 is 2.05 bits per heavy atom. The molecular formula is C12H17F3N4. The molecule has 0 atom stereocenters. The molecule has 0 saturated heterocycles. The summed E-state index contributed by atoms with van der Waals surface area (Å²) in [6.07, 6.45) is -2.64. The van der Waals surface area contributed by atoms with Crippen molar-refractivity contribution in [3.05, 3.63) is 17.8 Å². The van der Waals surface area contributed by atoms with Gasteiger partial charge in [0.15, 0.2) is 5.82 Å². The number of aromatic nitrogens is 2. The maximum Gasteiger partial charge on any atom is 0.405 e. The molecule has 0 bridgehead atoms. The number of alkyl halides is 3. The average molecular weight is 274 g/mol. The van der Waals surface area contributed by atoms with E-state index in [-0.39, 0.29) is 6.04 Å². The van der Waals surface area contributed by atoms with Crippen LogP contribution in [0.2, 0.25) is 0 Å². The van der Waals surface area contributed by atoms with Crippen LogP contribution in [-0.4, -0.2) is 35.5 Å². The minimum Gasteiger partial charge on any atom is -0.343 e. The largest absolute Gasteiger partial charge is 0.405 e. The van der Waals surface area contributed by atoms with E-state index in [1.54, 1.807) is 12.1 Å². The second-order valence-corrected chi connectivity index (χ2v) is 4.64. The fourth-order valence-electron chi connectivity index (χ4n) is 1.83. The summed E-state index contributed by atoms with van der Waals surface area (Å²) in [6, 6.07) is 3.29. The summed E-state index contributed by atoms with van der Waals surface area (Å²) in [5, 5.41) is 11.0. The van der Waals surface area contributed by atoms with Gasteiger partial charge in [0.1, 0.15) is 6.54 Å². The first-order chi connectivity index (χ1) is 8.99. The van der Waals surface area contributed by atoms with E-state index < -0.39 is 12.7 Å². The number of anilines is 1. The molecule has 0 aliphatic heterocycles. The molecule has 1 aliphatic carbocycles. The zero-order valence-electron chi connectivity index (χ0n) is 10.7. The quantitative estimate of drug-likeness (QED) is 0.862. The van der Waals surface area contributed by atoms with Gasteiger partial charge in [-0.1, -0.05) is 6.92 Å². The van der Waals surface area contributed by atoms with Crippen LogP contribution in [0.3, 0.4) is 0 Å². The van der Waals surface area contributed by atoms with Crippen LogP contribution in [0.5, 0.6) is 0 Å².